The summed E-state index contributed by atoms with van der Waals surface area (Å²) in [6.07, 6.45) is -0.488. The third kappa shape index (κ3) is 6.24. The van der Waals surface area contributed by atoms with Gasteiger partial charge in [0.25, 0.3) is 12.3 Å². The minimum absolute atomic E-state index is 0.0337. The zero-order valence-corrected chi connectivity index (χ0v) is 16.8. The van der Waals surface area contributed by atoms with Gasteiger partial charge in [0.05, 0.1) is 11.7 Å². The smallest absolute Gasteiger partial charge is 0.318 e. The number of pyridine rings is 1. The van der Waals surface area contributed by atoms with Gasteiger partial charge in [-0.05, 0) is 25.0 Å². The van der Waals surface area contributed by atoms with Crippen LogP contribution in [0.3, 0.4) is 0 Å². The number of anilines is 1. The van der Waals surface area contributed by atoms with E-state index in [-0.39, 0.29) is 11.7 Å². The van der Waals surface area contributed by atoms with Crippen LogP contribution >= 0.6 is 0 Å². The summed E-state index contributed by atoms with van der Waals surface area (Å²) in [6, 6.07) is 2.80. The molecule has 0 atom stereocenters. The summed E-state index contributed by atoms with van der Waals surface area (Å²) in [7, 11) is 0. The monoisotopic (exact) mass is 432 g/mol. The molecule has 1 N–H and O–H groups in total. The van der Waals surface area contributed by atoms with Crippen LogP contribution in [0.4, 0.5) is 27.6 Å². The highest BCUT2D eigenvalue weighted by Gasteiger charge is 2.33. The minimum Gasteiger partial charge on any atom is -0.318 e. The van der Waals surface area contributed by atoms with Gasteiger partial charge < -0.3 is 5.32 Å². The molecule has 166 valence electrons. The Morgan fingerprint density at radius 2 is 1.83 bits per heavy atom. The van der Waals surface area contributed by atoms with Gasteiger partial charge in [-0.3, -0.25) is 9.48 Å². The Morgan fingerprint density at radius 3 is 2.40 bits per heavy atom. The highest BCUT2D eigenvalue weighted by atomic mass is 19.4. The number of amides is 1. The number of carbonyl (C=O) groups is 1. The van der Waals surface area contributed by atoms with Gasteiger partial charge in [0.15, 0.2) is 5.69 Å². The minimum atomic E-state index is -4.71. The Hall–Kier alpha value is -2.52. The largest absolute Gasteiger partial charge is 0.433 e. The van der Waals surface area contributed by atoms with Gasteiger partial charge >= 0.3 is 6.18 Å². The zero-order valence-electron chi connectivity index (χ0n) is 16.8. The van der Waals surface area contributed by atoms with E-state index >= 15 is 0 Å². The molecule has 0 saturated heterocycles. The standard InChI is InChI=1S/C17H17F5N4O.C3H8/c18-15(19)14-12(9-26(25-14)10-5-2-1-3-6-10)24-16(27)11-7-4-8-13(23-11)17(20,21)22;1-3-2/h4,7-10,15H,1-3,5-6H2,(H,24,27);3H2,1-2H3. The van der Waals surface area contributed by atoms with E-state index in [1.165, 1.54) is 17.3 Å². The first kappa shape index (κ1) is 23.8. The van der Waals surface area contributed by atoms with Crippen LogP contribution in [0, 0.1) is 0 Å². The predicted molar refractivity (Wildman–Crippen MR) is 102 cm³/mol. The summed E-state index contributed by atoms with van der Waals surface area (Å²) in [5.41, 5.74) is -2.58. The Balaban J connectivity index is 0.00000101. The number of carbonyl (C=O) groups excluding carboxylic acids is 1. The van der Waals surface area contributed by atoms with E-state index in [4.69, 9.17) is 0 Å². The molecular formula is C20H25F5N4O. The molecule has 2 heterocycles. The van der Waals surface area contributed by atoms with Crippen LogP contribution in [0.15, 0.2) is 24.4 Å². The summed E-state index contributed by atoms with van der Waals surface area (Å²) >= 11 is 0. The van der Waals surface area contributed by atoms with Crippen LogP contribution in [-0.4, -0.2) is 20.7 Å². The van der Waals surface area contributed by atoms with Gasteiger partial charge in [-0.15, -0.1) is 0 Å². The van der Waals surface area contributed by atoms with E-state index in [0.29, 0.717) is 0 Å². The van der Waals surface area contributed by atoms with Crippen molar-refractivity contribution in [2.45, 2.75) is 71.0 Å². The van der Waals surface area contributed by atoms with Crippen molar-refractivity contribution in [1.82, 2.24) is 14.8 Å². The van der Waals surface area contributed by atoms with Gasteiger partial charge in [-0.25, -0.2) is 13.8 Å². The van der Waals surface area contributed by atoms with Crippen LogP contribution in [0.25, 0.3) is 0 Å². The van der Waals surface area contributed by atoms with Crippen molar-refractivity contribution in [1.29, 1.82) is 0 Å². The van der Waals surface area contributed by atoms with Crippen molar-refractivity contribution in [3.05, 3.63) is 41.5 Å². The van der Waals surface area contributed by atoms with Crippen molar-refractivity contribution >= 4 is 11.6 Å². The van der Waals surface area contributed by atoms with Crippen molar-refractivity contribution in [2.24, 2.45) is 0 Å². The Morgan fingerprint density at radius 1 is 1.20 bits per heavy atom. The van der Waals surface area contributed by atoms with Crippen LogP contribution in [-0.2, 0) is 6.18 Å². The lowest BCUT2D eigenvalue weighted by molar-refractivity contribution is -0.141. The van der Waals surface area contributed by atoms with E-state index in [0.717, 1.165) is 50.3 Å². The van der Waals surface area contributed by atoms with Gasteiger partial charge in [-0.1, -0.05) is 45.6 Å². The summed E-state index contributed by atoms with van der Waals surface area (Å²) in [4.78, 5) is 15.5. The molecular weight excluding hydrogens is 407 g/mol. The summed E-state index contributed by atoms with van der Waals surface area (Å²) in [5.74, 6) is -1.01. The maximum absolute atomic E-state index is 13.3. The molecule has 1 saturated carbocycles. The molecule has 0 unspecified atom stereocenters. The quantitative estimate of drug-likeness (QED) is 0.568. The van der Waals surface area contributed by atoms with Crippen LogP contribution in [0.1, 0.15) is 86.7 Å². The normalized spacial score (nSPS) is 14.9. The molecule has 0 radical (unpaired) electrons. The average Bonchev–Trinajstić information content (AvgIpc) is 3.13. The number of hydrogen-bond acceptors (Lipinski definition) is 3. The second-order valence-corrected chi connectivity index (χ2v) is 7.07. The fraction of sp³-hybridized carbons (Fsp3) is 0.550. The van der Waals surface area contributed by atoms with Gasteiger partial charge in [-0.2, -0.15) is 18.3 Å². The SMILES string of the molecule is CCC.O=C(Nc1cn(C2CCCCC2)nc1C(F)F)c1cccc(C(F)(F)F)n1. The highest BCUT2D eigenvalue weighted by molar-refractivity contribution is 6.03. The van der Waals surface area contributed by atoms with E-state index in [2.05, 4.69) is 29.2 Å². The molecule has 30 heavy (non-hydrogen) atoms. The molecule has 0 bridgehead atoms. The van der Waals surface area contributed by atoms with Crippen molar-refractivity contribution in [2.75, 3.05) is 5.32 Å². The van der Waals surface area contributed by atoms with Gasteiger partial charge in [0, 0.05) is 6.20 Å². The first-order valence-electron chi connectivity index (χ1n) is 9.90. The maximum Gasteiger partial charge on any atom is 0.433 e. The first-order chi connectivity index (χ1) is 14.2. The fourth-order valence-corrected chi connectivity index (χ4v) is 3.10. The number of alkyl halides is 5. The predicted octanol–water partition coefficient (Wildman–Crippen LogP) is 6.41. The lowest BCUT2D eigenvalue weighted by Crippen LogP contribution is -2.17. The van der Waals surface area contributed by atoms with Gasteiger partial charge in [0.2, 0.25) is 0 Å². The lowest BCUT2D eigenvalue weighted by Gasteiger charge is -2.21. The second kappa shape index (κ2) is 10.5. The highest BCUT2D eigenvalue weighted by Crippen LogP contribution is 2.32. The molecule has 1 aliphatic carbocycles. The third-order valence-electron chi connectivity index (χ3n) is 4.44. The zero-order chi connectivity index (χ0) is 22.3. The molecule has 5 nitrogen and oxygen atoms in total. The number of nitrogens with one attached hydrogen (secondary N) is 1. The number of rotatable bonds is 4. The molecule has 10 heteroatoms. The van der Waals surface area contributed by atoms with Crippen molar-refractivity contribution < 1.29 is 26.7 Å². The number of nitrogens with zero attached hydrogens (tertiary/aromatic N) is 3. The molecule has 1 fully saturated rings. The molecule has 0 aliphatic heterocycles. The summed E-state index contributed by atoms with van der Waals surface area (Å²) < 4.78 is 66.2. The van der Waals surface area contributed by atoms with Crippen LogP contribution in [0.2, 0.25) is 0 Å². The Bertz CT molecular complexity index is 829. The molecule has 1 aliphatic rings. The van der Waals surface area contributed by atoms with Crippen molar-refractivity contribution in [3.8, 4) is 0 Å². The van der Waals surface area contributed by atoms with Crippen LogP contribution < -0.4 is 5.32 Å². The topological polar surface area (TPSA) is 59.8 Å². The Kier molecular flexibility index (Phi) is 8.31. The molecule has 0 aromatic carbocycles. The molecule has 2 aromatic heterocycles. The summed E-state index contributed by atoms with van der Waals surface area (Å²) in [6.45, 7) is 4.25. The number of halogens is 5. The van der Waals surface area contributed by atoms with E-state index in [9.17, 15) is 26.7 Å². The van der Waals surface area contributed by atoms with E-state index in [1.807, 2.05) is 0 Å². The van der Waals surface area contributed by atoms with E-state index < -0.39 is 35.6 Å². The molecule has 3 rings (SSSR count). The molecule has 0 spiro atoms. The van der Waals surface area contributed by atoms with Crippen LogP contribution in [0.5, 0.6) is 0 Å². The fourth-order valence-electron chi connectivity index (χ4n) is 3.10. The molecule has 1 amide bonds. The second-order valence-electron chi connectivity index (χ2n) is 7.07. The summed E-state index contributed by atoms with van der Waals surface area (Å²) in [5, 5.41) is 6.10. The first-order valence-corrected chi connectivity index (χ1v) is 9.90. The van der Waals surface area contributed by atoms with Crippen molar-refractivity contribution in [3.63, 3.8) is 0 Å². The third-order valence-corrected chi connectivity index (χ3v) is 4.44. The Labute approximate surface area is 171 Å². The van der Waals surface area contributed by atoms with Gasteiger partial charge in [0.1, 0.15) is 11.4 Å². The average molecular weight is 432 g/mol. The number of hydrogen-bond donors (Lipinski definition) is 1. The lowest BCUT2D eigenvalue weighted by atomic mass is 9.96. The van der Waals surface area contributed by atoms with E-state index in [1.54, 1.807) is 0 Å². The molecule has 2 aromatic rings. The number of aromatic nitrogens is 3. The maximum atomic E-state index is 13.3.